The van der Waals surface area contributed by atoms with E-state index in [9.17, 15) is 9.59 Å². The van der Waals surface area contributed by atoms with Gasteiger partial charge in [-0.15, -0.1) is 0 Å². The lowest BCUT2D eigenvalue weighted by Crippen LogP contribution is -2.08. The Hall–Kier alpha value is -1.94. The van der Waals surface area contributed by atoms with Gasteiger partial charge in [-0.25, -0.2) is 4.79 Å². The molecule has 0 spiro atoms. The predicted octanol–water partition coefficient (Wildman–Crippen LogP) is 4.18. The number of alkyl halides is 1. The average Bonchev–Trinajstić information content (AvgIpc) is 2.59. The summed E-state index contributed by atoms with van der Waals surface area (Å²) in [6.45, 7) is 0. The first kappa shape index (κ1) is 16.4. The van der Waals surface area contributed by atoms with Crippen LogP contribution in [-0.2, 0) is 16.5 Å². The van der Waals surface area contributed by atoms with E-state index in [1.807, 2.05) is 36.4 Å². The van der Waals surface area contributed by atoms with Crippen LogP contribution in [0.3, 0.4) is 0 Å². The van der Waals surface area contributed by atoms with Crippen molar-refractivity contribution in [2.45, 2.75) is 18.2 Å². The van der Waals surface area contributed by atoms with E-state index in [0.717, 1.165) is 16.5 Å². The van der Waals surface area contributed by atoms with E-state index >= 15 is 0 Å². The standard InChI is InChI=1S/C18H17BrO3/c1-22-18(21)16-8-3-2-6-14(16)9-10-17(20)15-7-4-5-13(11-15)12-19/h2-8,11H,9-10,12H2,1H3. The summed E-state index contributed by atoms with van der Waals surface area (Å²) in [4.78, 5) is 24.0. The summed E-state index contributed by atoms with van der Waals surface area (Å²) in [5.41, 5.74) is 3.12. The van der Waals surface area contributed by atoms with Gasteiger partial charge in [0.2, 0.25) is 0 Å². The number of carbonyl (C=O) groups is 2. The van der Waals surface area contributed by atoms with Crippen LogP contribution in [0.5, 0.6) is 0 Å². The Bertz CT molecular complexity index is 680. The van der Waals surface area contributed by atoms with E-state index in [0.29, 0.717) is 24.0 Å². The molecule has 0 amide bonds. The summed E-state index contributed by atoms with van der Waals surface area (Å²) in [6.07, 6.45) is 0.877. The number of ketones is 1. The number of aryl methyl sites for hydroxylation is 1. The van der Waals surface area contributed by atoms with Crippen molar-refractivity contribution in [3.63, 3.8) is 0 Å². The zero-order chi connectivity index (χ0) is 15.9. The monoisotopic (exact) mass is 360 g/mol. The van der Waals surface area contributed by atoms with Crippen molar-refractivity contribution in [3.8, 4) is 0 Å². The van der Waals surface area contributed by atoms with Crippen molar-refractivity contribution in [2.24, 2.45) is 0 Å². The minimum atomic E-state index is -0.371. The average molecular weight is 361 g/mol. The predicted molar refractivity (Wildman–Crippen MR) is 89.5 cm³/mol. The highest BCUT2D eigenvalue weighted by Gasteiger charge is 2.13. The lowest BCUT2D eigenvalue weighted by atomic mass is 9.98. The molecule has 0 aliphatic rings. The molecule has 0 saturated carbocycles. The molecule has 0 atom stereocenters. The number of hydrogen-bond donors (Lipinski definition) is 0. The van der Waals surface area contributed by atoms with Crippen LogP contribution in [0, 0.1) is 0 Å². The van der Waals surface area contributed by atoms with Gasteiger partial charge in [-0.1, -0.05) is 52.3 Å². The number of ether oxygens (including phenoxy) is 1. The molecule has 0 aliphatic heterocycles. The highest BCUT2D eigenvalue weighted by atomic mass is 79.9. The molecule has 3 nitrogen and oxygen atoms in total. The van der Waals surface area contributed by atoms with Crippen molar-refractivity contribution < 1.29 is 14.3 Å². The van der Waals surface area contributed by atoms with Crippen LogP contribution in [-0.4, -0.2) is 18.9 Å². The number of esters is 1. The molecule has 0 aromatic heterocycles. The quantitative estimate of drug-likeness (QED) is 0.440. The van der Waals surface area contributed by atoms with Crippen LogP contribution < -0.4 is 0 Å². The fourth-order valence-electron chi connectivity index (χ4n) is 2.27. The molecule has 0 bridgehead atoms. The summed E-state index contributed by atoms with van der Waals surface area (Å²) in [5, 5.41) is 0.722. The highest BCUT2D eigenvalue weighted by molar-refractivity contribution is 9.08. The van der Waals surface area contributed by atoms with Crippen LogP contribution in [0.2, 0.25) is 0 Å². The highest BCUT2D eigenvalue weighted by Crippen LogP contribution is 2.15. The van der Waals surface area contributed by atoms with Gasteiger partial charge in [-0.3, -0.25) is 4.79 Å². The smallest absolute Gasteiger partial charge is 0.338 e. The summed E-state index contributed by atoms with van der Waals surface area (Å²) in [5.74, 6) is -0.299. The first-order valence-electron chi connectivity index (χ1n) is 7.00. The molecule has 0 saturated heterocycles. The molecule has 2 aromatic carbocycles. The number of methoxy groups -OCH3 is 1. The molecule has 0 N–H and O–H groups in total. The number of benzene rings is 2. The summed E-state index contributed by atoms with van der Waals surface area (Å²) in [6, 6.07) is 14.8. The molecular weight excluding hydrogens is 344 g/mol. The van der Waals surface area contributed by atoms with Gasteiger partial charge in [-0.2, -0.15) is 0 Å². The fraction of sp³-hybridized carbons (Fsp3) is 0.222. The Balaban J connectivity index is 2.10. The lowest BCUT2D eigenvalue weighted by molar-refractivity contribution is 0.0599. The normalized spacial score (nSPS) is 10.3. The van der Waals surface area contributed by atoms with Crippen LogP contribution >= 0.6 is 15.9 Å². The van der Waals surface area contributed by atoms with Gasteiger partial charge in [0, 0.05) is 17.3 Å². The van der Waals surface area contributed by atoms with Crippen LogP contribution in [0.15, 0.2) is 48.5 Å². The van der Waals surface area contributed by atoms with Gasteiger partial charge in [0.05, 0.1) is 12.7 Å². The van der Waals surface area contributed by atoms with Crippen molar-refractivity contribution in [1.29, 1.82) is 0 Å². The molecule has 0 unspecified atom stereocenters. The van der Waals surface area contributed by atoms with Gasteiger partial charge < -0.3 is 4.74 Å². The van der Waals surface area contributed by atoms with E-state index in [-0.39, 0.29) is 11.8 Å². The van der Waals surface area contributed by atoms with E-state index in [4.69, 9.17) is 4.74 Å². The largest absolute Gasteiger partial charge is 0.465 e. The summed E-state index contributed by atoms with van der Waals surface area (Å²) < 4.78 is 4.77. The van der Waals surface area contributed by atoms with Crippen molar-refractivity contribution in [1.82, 2.24) is 0 Å². The molecule has 0 fully saturated rings. The molecule has 22 heavy (non-hydrogen) atoms. The number of halogens is 1. The Morgan fingerprint density at radius 1 is 1.09 bits per heavy atom. The maximum Gasteiger partial charge on any atom is 0.338 e. The van der Waals surface area contributed by atoms with Crippen molar-refractivity contribution >= 4 is 27.7 Å². The van der Waals surface area contributed by atoms with Crippen molar-refractivity contribution in [2.75, 3.05) is 7.11 Å². The molecule has 114 valence electrons. The van der Waals surface area contributed by atoms with Gasteiger partial charge in [0.15, 0.2) is 5.78 Å². The third kappa shape index (κ3) is 4.04. The summed E-state index contributed by atoms with van der Waals surface area (Å²) >= 11 is 3.39. The molecule has 2 rings (SSSR count). The third-order valence-corrected chi connectivity index (χ3v) is 4.09. The minimum absolute atomic E-state index is 0.0717. The first-order valence-corrected chi connectivity index (χ1v) is 8.12. The SMILES string of the molecule is COC(=O)c1ccccc1CCC(=O)c1cccc(CBr)c1. The second-order valence-electron chi connectivity index (χ2n) is 4.91. The Morgan fingerprint density at radius 3 is 2.59 bits per heavy atom. The Kier molecular flexibility index (Phi) is 5.90. The fourth-order valence-corrected chi connectivity index (χ4v) is 2.62. The molecule has 4 heteroatoms. The molecule has 0 radical (unpaired) electrons. The number of carbonyl (C=O) groups excluding carboxylic acids is 2. The second kappa shape index (κ2) is 7.90. The van der Waals surface area contributed by atoms with E-state index in [2.05, 4.69) is 15.9 Å². The second-order valence-corrected chi connectivity index (χ2v) is 5.47. The molecule has 2 aromatic rings. The number of Topliss-reactive ketones (excluding diaryl/α,β-unsaturated/α-hetero) is 1. The van der Waals surface area contributed by atoms with Crippen LogP contribution in [0.4, 0.5) is 0 Å². The topological polar surface area (TPSA) is 43.4 Å². The maximum atomic E-state index is 12.3. The maximum absolute atomic E-state index is 12.3. The van der Waals surface area contributed by atoms with Crippen LogP contribution in [0.25, 0.3) is 0 Å². The molecule has 0 heterocycles. The Morgan fingerprint density at radius 2 is 1.86 bits per heavy atom. The summed E-state index contributed by atoms with van der Waals surface area (Å²) in [7, 11) is 1.36. The molecule has 0 aliphatic carbocycles. The minimum Gasteiger partial charge on any atom is -0.465 e. The third-order valence-electron chi connectivity index (χ3n) is 3.45. The Labute approximate surface area is 138 Å². The van der Waals surface area contributed by atoms with Crippen LogP contribution in [0.1, 0.15) is 38.3 Å². The number of rotatable bonds is 6. The lowest BCUT2D eigenvalue weighted by Gasteiger charge is -2.07. The van der Waals surface area contributed by atoms with Gasteiger partial charge in [-0.05, 0) is 29.7 Å². The van der Waals surface area contributed by atoms with Gasteiger partial charge >= 0.3 is 5.97 Å². The molecular formula is C18H17BrO3. The number of hydrogen-bond acceptors (Lipinski definition) is 3. The zero-order valence-electron chi connectivity index (χ0n) is 12.3. The zero-order valence-corrected chi connectivity index (χ0v) is 13.9. The van der Waals surface area contributed by atoms with E-state index in [1.54, 1.807) is 12.1 Å². The van der Waals surface area contributed by atoms with Crippen molar-refractivity contribution in [3.05, 3.63) is 70.8 Å². The van der Waals surface area contributed by atoms with Gasteiger partial charge in [0.25, 0.3) is 0 Å². The van der Waals surface area contributed by atoms with E-state index < -0.39 is 0 Å². The first-order chi connectivity index (χ1) is 10.7. The van der Waals surface area contributed by atoms with E-state index in [1.165, 1.54) is 7.11 Å². The van der Waals surface area contributed by atoms with Gasteiger partial charge in [0.1, 0.15) is 0 Å².